The number of halogens is 1. The third-order valence-electron chi connectivity index (χ3n) is 4.54. The highest BCUT2D eigenvalue weighted by molar-refractivity contribution is 6.30. The molecule has 0 bridgehead atoms. The molecule has 22 heavy (non-hydrogen) atoms. The van der Waals surface area contributed by atoms with Crippen molar-refractivity contribution in [1.29, 1.82) is 0 Å². The Morgan fingerprint density at radius 2 is 1.59 bits per heavy atom. The summed E-state index contributed by atoms with van der Waals surface area (Å²) >= 11 is 5.95. The summed E-state index contributed by atoms with van der Waals surface area (Å²) in [5.41, 5.74) is 3.84. The van der Waals surface area contributed by atoms with Gasteiger partial charge in [0, 0.05) is 10.9 Å². The molecule has 1 saturated heterocycles. The van der Waals surface area contributed by atoms with E-state index in [-0.39, 0.29) is 0 Å². The average Bonchev–Trinajstić information content (AvgIpc) is 2.57. The maximum absolute atomic E-state index is 6.00. The number of ether oxygens (including phenoxy) is 1. The molecule has 2 atom stereocenters. The summed E-state index contributed by atoms with van der Waals surface area (Å²) in [6, 6.07) is 16.9. The third-order valence-corrected chi connectivity index (χ3v) is 4.79. The zero-order chi connectivity index (χ0) is 15.4. The fraction of sp³-hybridized carbons (Fsp3) is 0.400. The zero-order valence-corrected chi connectivity index (χ0v) is 13.9. The summed E-state index contributed by atoms with van der Waals surface area (Å²) < 4.78 is 6.00. The largest absolute Gasteiger partial charge is 0.378 e. The van der Waals surface area contributed by atoms with Gasteiger partial charge in [-0.2, -0.15) is 0 Å². The van der Waals surface area contributed by atoms with Gasteiger partial charge in [-0.05, 0) is 48.1 Å². The first-order valence-electron chi connectivity index (χ1n) is 8.23. The van der Waals surface area contributed by atoms with Crippen LogP contribution >= 0.6 is 11.6 Å². The molecule has 2 aromatic carbocycles. The summed E-state index contributed by atoms with van der Waals surface area (Å²) in [6.07, 6.45) is 5.32. The van der Waals surface area contributed by atoms with E-state index >= 15 is 0 Å². The van der Waals surface area contributed by atoms with Gasteiger partial charge in [-0.15, -0.1) is 0 Å². The minimum atomic E-state index is 0.481. The van der Waals surface area contributed by atoms with E-state index in [4.69, 9.17) is 16.3 Å². The van der Waals surface area contributed by atoms with Crippen LogP contribution in [0.4, 0.5) is 0 Å². The van der Waals surface area contributed by atoms with Gasteiger partial charge < -0.3 is 4.74 Å². The Morgan fingerprint density at radius 3 is 2.14 bits per heavy atom. The smallest absolute Gasteiger partial charge is 0.0575 e. The van der Waals surface area contributed by atoms with E-state index in [1.165, 1.54) is 42.4 Å². The summed E-state index contributed by atoms with van der Waals surface area (Å²) in [5.74, 6) is 0.548. The Kier molecular flexibility index (Phi) is 5.17. The summed E-state index contributed by atoms with van der Waals surface area (Å²) in [5, 5.41) is 0.779. The highest BCUT2D eigenvalue weighted by Crippen LogP contribution is 2.31. The van der Waals surface area contributed by atoms with Crippen LogP contribution in [0.2, 0.25) is 5.02 Å². The van der Waals surface area contributed by atoms with Gasteiger partial charge >= 0.3 is 0 Å². The van der Waals surface area contributed by atoms with E-state index in [2.05, 4.69) is 43.3 Å². The Hall–Kier alpha value is -1.31. The molecule has 0 aliphatic carbocycles. The number of hydrogen-bond acceptors (Lipinski definition) is 1. The van der Waals surface area contributed by atoms with Gasteiger partial charge in [0.15, 0.2) is 0 Å². The lowest BCUT2D eigenvalue weighted by Crippen LogP contribution is -2.24. The number of hydrogen-bond donors (Lipinski definition) is 0. The fourth-order valence-corrected chi connectivity index (χ4v) is 3.33. The molecule has 1 heterocycles. The Bertz CT molecular complexity index is 580. The van der Waals surface area contributed by atoms with Crippen molar-refractivity contribution in [2.24, 2.45) is 0 Å². The SMILES string of the molecule is CCCC1CCC(c2ccc(-c3ccc(Cl)cc3)cc2)CO1. The van der Waals surface area contributed by atoms with Crippen LogP contribution in [0.5, 0.6) is 0 Å². The van der Waals surface area contributed by atoms with Crippen LogP contribution in [0.25, 0.3) is 11.1 Å². The topological polar surface area (TPSA) is 9.23 Å². The second-order valence-electron chi connectivity index (χ2n) is 6.15. The average molecular weight is 315 g/mol. The van der Waals surface area contributed by atoms with Gasteiger partial charge in [-0.3, -0.25) is 0 Å². The van der Waals surface area contributed by atoms with Crippen LogP contribution in [0.1, 0.15) is 44.1 Å². The van der Waals surface area contributed by atoms with Crippen molar-refractivity contribution in [1.82, 2.24) is 0 Å². The molecule has 2 unspecified atom stereocenters. The second kappa shape index (κ2) is 7.30. The van der Waals surface area contributed by atoms with E-state index < -0.39 is 0 Å². The minimum absolute atomic E-state index is 0.481. The quantitative estimate of drug-likeness (QED) is 0.665. The van der Waals surface area contributed by atoms with E-state index in [0.717, 1.165) is 11.6 Å². The van der Waals surface area contributed by atoms with Crippen molar-refractivity contribution in [3.05, 3.63) is 59.1 Å². The van der Waals surface area contributed by atoms with Crippen molar-refractivity contribution < 1.29 is 4.74 Å². The zero-order valence-electron chi connectivity index (χ0n) is 13.1. The monoisotopic (exact) mass is 314 g/mol. The fourth-order valence-electron chi connectivity index (χ4n) is 3.21. The van der Waals surface area contributed by atoms with Crippen molar-refractivity contribution in [3.63, 3.8) is 0 Å². The molecular weight excluding hydrogens is 292 g/mol. The third kappa shape index (κ3) is 3.71. The van der Waals surface area contributed by atoms with Crippen molar-refractivity contribution in [3.8, 4) is 11.1 Å². The first-order valence-corrected chi connectivity index (χ1v) is 8.61. The van der Waals surface area contributed by atoms with E-state index in [0.29, 0.717) is 12.0 Å². The summed E-state index contributed by atoms with van der Waals surface area (Å²) in [6.45, 7) is 3.09. The molecule has 3 rings (SSSR count). The van der Waals surface area contributed by atoms with Crippen molar-refractivity contribution in [2.45, 2.75) is 44.6 Å². The highest BCUT2D eigenvalue weighted by Gasteiger charge is 2.22. The van der Waals surface area contributed by atoms with Crippen LogP contribution in [-0.2, 0) is 4.74 Å². The highest BCUT2D eigenvalue weighted by atomic mass is 35.5. The maximum atomic E-state index is 6.00. The van der Waals surface area contributed by atoms with E-state index in [1.807, 2.05) is 12.1 Å². The van der Waals surface area contributed by atoms with Crippen LogP contribution in [0.15, 0.2) is 48.5 Å². The van der Waals surface area contributed by atoms with Gasteiger partial charge in [0.25, 0.3) is 0 Å². The molecule has 2 aromatic rings. The molecule has 0 N–H and O–H groups in total. The van der Waals surface area contributed by atoms with Crippen LogP contribution < -0.4 is 0 Å². The normalized spacial score (nSPS) is 21.7. The lowest BCUT2D eigenvalue weighted by atomic mass is 9.89. The van der Waals surface area contributed by atoms with Crippen molar-refractivity contribution in [2.75, 3.05) is 6.61 Å². The Labute approximate surface area is 138 Å². The molecule has 1 fully saturated rings. The maximum Gasteiger partial charge on any atom is 0.0575 e. The number of benzene rings is 2. The van der Waals surface area contributed by atoms with Gasteiger partial charge in [0.2, 0.25) is 0 Å². The standard InChI is InChI=1S/C20H23ClO/c1-2-3-20-13-10-18(14-22-20)17-6-4-15(5-7-17)16-8-11-19(21)12-9-16/h4-9,11-12,18,20H,2-3,10,13-14H2,1H3. The number of rotatable bonds is 4. The molecule has 2 heteroatoms. The second-order valence-corrected chi connectivity index (χ2v) is 6.58. The van der Waals surface area contributed by atoms with Crippen LogP contribution in [0.3, 0.4) is 0 Å². The summed E-state index contributed by atoms with van der Waals surface area (Å²) in [4.78, 5) is 0. The lowest BCUT2D eigenvalue weighted by Gasteiger charge is -2.29. The minimum Gasteiger partial charge on any atom is -0.378 e. The molecule has 1 aliphatic rings. The molecule has 0 radical (unpaired) electrons. The molecular formula is C20H23ClO. The van der Waals surface area contributed by atoms with Gasteiger partial charge in [-0.25, -0.2) is 0 Å². The first-order chi connectivity index (χ1) is 10.8. The predicted octanol–water partition coefficient (Wildman–Crippen LogP) is 6.07. The molecule has 1 aliphatic heterocycles. The first kappa shape index (κ1) is 15.6. The Balaban J connectivity index is 1.66. The predicted molar refractivity (Wildman–Crippen MR) is 93.5 cm³/mol. The van der Waals surface area contributed by atoms with Gasteiger partial charge in [-0.1, -0.05) is 61.3 Å². The molecule has 116 valence electrons. The lowest BCUT2D eigenvalue weighted by molar-refractivity contribution is -0.00111. The molecule has 0 spiro atoms. The van der Waals surface area contributed by atoms with Crippen LogP contribution in [-0.4, -0.2) is 12.7 Å². The van der Waals surface area contributed by atoms with Gasteiger partial charge in [0.05, 0.1) is 12.7 Å². The molecule has 1 nitrogen and oxygen atoms in total. The Morgan fingerprint density at radius 1 is 0.955 bits per heavy atom. The van der Waals surface area contributed by atoms with E-state index in [1.54, 1.807) is 0 Å². The molecule has 0 aromatic heterocycles. The van der Waals surface area contributed by atoms with Gasteiger partial charge in [0.1, 0.15) is 0 Å². The van der Waals surface area contributed by atoms with E-state index in [9.17, 15) is 0 Å². The molecule has 0 saturated carbocycles. The summed E-state index contributed by atoms with van der Waals surface area (Å²) in [7, 11) is 0. The molecule has 0 amide bonds. The van der Waals surface area contributed by atoms with Crippen molar-refractivity contribution >= 4 is 11.6 Å². The van der Waals surface area contributed by atoms with Crippen LogP contribution in [0, 0.1) is 0 Å².